The highest BCUT2D eigenvalue weighted by Crippen LogP contribution is 2.20. The maximum Gasteiger partial charge on any atom is 0.273 e. The number of hydrogen-bond donors (Lipinski definition) is 2. The molecule has 1 aromatic rings. The summed E-state index contributed by atoms with van der Waals surface area (Å²) >= 11 is 0. The van der Waals surface area contributed by atoms with Gasteiger partial charge in [0.2, 0.25) is 0 Å². The van der Waals surface area contributed by atoms with Crippen LogP contribution in [0.5, 0.6) is 0 Å². The molecule has 104 valence electrons. The Kier molecular flexibility index (Phi) is 4.87. The molecule has 8 heteroatoms. The molecule has 0 aliphatic heterocycles. The SMILES string of the molecule is Cc1c(C(=O)NCC(O)C(F)F)cccc1[N+](=O)[O-]. The molecule has 1 rings (SSSR count). The first-order valence-corrected chi connectivity index (χ1v) is 5.33. The third-order valence-corrected chi connectivity index (χ3v) is 2.51. The number of aliphatic hydroxyl groups is 1. The van der Waals surface area contributed by atoms with Gasteiger partial charge < -0.3 is 10.4 Å². The largest absolute Gasteiger partial charge is 0.385 e. The van der Waals surface area contributed by atoms with Crippen molar-refractivity contribution in [1.82, 2.24) is 5.32 Å². The number of carbonyl (C=O) groups is 1. The van der Waals surface area contributed by atoms with Crippen LogP contribution in [0.4, 0.5) is 14.5 Å². The van der Waals surface area contributed by atoms with Gasteiger partial charge in [0, 0.05) is 23.7 Å². The molecule has 0 aromatic heterocycles. The third kappa shape index (κ3) is 3.68. The molecule has 0 aliphatic carbocycles. The van der Waals surface area contributed by atoms with Crippen LogP contribution < -0.4 is 5.32 Å². The van der Waals surface area contributed by atoms with Crippen molar-refractivity contribution in [3.05, 3.63) is 39.4 Å². The van der Waals surface area contributed by atoms with E-state index in [0.29, 0.717) is 0 Å². The lowest BCUT2D eigenvalue weighted by Crippen LogP contribution is -2.36. The van der Waals surface area contributed by atoms with Crippen LogP contribution in [-0.2, 0) is 0 Å². The van der Waals surface area contributed by atoms with Crippen molar-refractivity contribution in [3.8, 4) is 0 Å². The van der Waals surface area contributed by atoms with Gasteiger partial charge in [0.15, 0.2) is 0 Å². The lowest BCUT2D eigenvalue weighted by Gasteiger charge is -2.11. The topological polar surface area (TPSA) is 92.5 Å². The molecule has 1 aromatic carbocycles. The second-order valence-electron chi connectivity index (χ2n) is 3.82. The molecule has 19 heavy (non-hydrogen) atoms. The standard InChI is InChI=1S/C11H12F2N2O4/c1-6-7(3-2-4-8(6)15(18)19)11(17)14-5-9(16)10(12)13/h2-4,9-10,16H,5H2,1H3,(H,14,17). The van der Waals surface area contributed by atoms with E-state index in [4.69, 9.17) is 5.11 Å². The molecule has 6 nitrogen and oxygen atoms in total. The van der Waals surface area contributed by atoms with Crippen LogP contribution >= 0.6 is 0 Å². The minimum Gasteiger partial charge on any atom is -0.385 e. The highest BCUT2D eigenvalue weighted by Gasteiger charge is 2.21. The number of rotatable bonds is 5. The summed E-state index contributed by atoms with van der Waals surface area (Å²) in [4.78, 5) is 21.7. The van der Waals surface area contributed by atoms with Crippen LogP contribution in [0.3, 0.4) is 0 Å². The summed E-state index contributed by atoms with van der Waals surface area (Å²) in [5, 5.41) is 21.6. The van der Waals surface area contributed by atoms with Crippen LogP contribution in [0.25, 0.3) is 0 Å². The van der Waals surface area contributed by atoms with E-state index >= 15 is 0 Å². The molecule has 0 spiro atoms. The minimum absolute atomic E-state index is 0.00988. The molecule has 1 atom stereocenters. The number of alkyl halides is 2. The Labute approximate surface area is 107 Å². The van der Waals surface area contributed by atoms with Crippen molar-refractivity contribution in [1.29, 1.82) is 0 Å². The zero-order valence-electron chi connectivity index (χ0n) is 9.97. The summed E-state index contributed by atoms with van der Waals surface area (Å²) in [6.07, 6.45) is -4.94. The summed E-state index contributed by atoms with van der Waals surface area (Å²) in [6.45, 7) is 0.759. The predicted molar refractivity (Wildman–Crippen MR) is 62.2 cm³/mol. The summed E-state index contributed by atoms with van der Waals surface area (Å²) in [7, 11) is 0. The van der Waals surface area contributed by atoms with Crippen molar-refractivity contribution >= 4 is 11.6 Å². The van der Waals surface area contributed by atoms with E-state index in [0.717, 1.165) is 0 Å². The van der Waals surface area contributed by atoms with Crippen LogP contribution in [0.1, 0.15) is 15.9 Å². The summed E-state index contributed by atoms with van der Waals surface area (Å²) in [6, 6.07) is 3.90. The summed E-state index contributed by atoms with van der Waals surface area (Å²) < 4.78 is 24.1. The average Bonchev–Trinajstić information content (AvgIpc) is 2.35. The predicted octanol–water partition coefficient (Wildman–Crippen LogP) is 1.26. The smallest absolute Gasteiger partial charge is 0.273 e. The van der Waals surface area contributed by atoms with Gasteiger partial charge in [-0.05, 0) is 13.0 Å². The number of benzene rings is 1. The van der Waals surface area contributed by atoms with Crippen molar-refractivity contribution < 1.29 is 23.6 Å². The Balaban J connectivity index is 2.83. The van der Waals surface area contributed by atoms with Gasteiger partial charge in [-0.3, -0.25) is 14.9 Å². The van der Waals surface area contributed by atoms with E-state index in [1.807, 2.05) is 0 Å². The Morgan fingerprint density at radius 1 is 1.53 bits per heavy atom. The number of nitro benzene ring substituents is 1. The molecule has 0 saturated carbocycles. The lowest BCUT2D eigenvalue weighted by molar-refractivity contribution is -0.385. The zero-order chi connectivity index (χ0) is 14.6. The fraction of sp³-hybridized carbons (Fsp3) is 0.364. The number of nitro groups is 1. The molecular weight excluding hydrogens is 262 g/mol. The average molecular weight is 274 g/mol. The molecule has 0 radical (unpaired) electrons. The van der Waals surface area contributed by atoms with Gasteiger partial charge in [0.25, 0.3) is 18.0 Å². The summed E-state index contributed by atoms with van der Waals surface area (Å²) in [5.74, 6) is -0.749. The zero-order valence-corrected chi connectivity index (χ0v) is 9.97. The number of nitrogens with one attached hydrogen (secondary N) is 1. The van der Waals surface area contributed by atoms with E-state index in [9.17, 15) is 23.7 Å². The van der Waals surface area contributed by atoms with Gasteiger partial charge in [0.05, 0.1) is 4.92 Å². The molecule has 0 heterocycles. The maximum absolute atomic E-state index is 12.0. The normalized spacial score (nSPS) is 12.3. The van der Waals surface area contributed by atoms with Crippen LogP contribution in [-0.4, -0.2) is 35.0 Å². The molecule has 0 bridgehead atoms. The first-order valence-electron chi connectivity index (χ1n) is 5.33. The fourth-order valence-corrected chi connectivity index (χ4v) is 1.45. The van der Waals surface area contributed by atoms with E-state index < -0.39 is 29.9 Å². The van der Waals surface area contributed by atoms with Crippen molar-refractivity contribution in [2.45, 2.75) is 19.5 Å². The monoisotopic (exact) mass is 274 g/mol. The first-order chi connectivity index (χ1) is 8.84. The molecule has 2 N–H and O–H groups in total. The number of amides is 1. The van der Waals surface area contributed by atoms with Crippen LogP contribution in [0.15, 0.2) is 18.2 Å². The second-order valence-corrected chi connectivity index (χ2v) is 3.82. The maximum atomic E-state index is 12.0. The van der Waals surface area contributed by atoms with Gasteiger partial charge in [-0.25, -0.2) is 8.78 Å². The van der Waals surface area contributed by atoms with Crippen LogP contribution in [0.2, 0.25) is 0 Å². The number of halogens is 2. The Bertz CT molecular complexity index is 494. The van der Waals surface area contributed by atoms with E-state index in [1.165, 1.54) is 25.1 Å². The molecule has 0 fully saturated rings. The number of carbonyl (C=O) groups excluding carboxylic acids is 1. The second kappa shape index (κ2) is 6.19. The van der Waals surface area contributed by atoms with E-state index in [1.54, 1.807) is 0 Å². The van der Waals surface area contributed by atoms with Gasteiger partial charge in [-0.15, -0.1) is 0 Å². The van der Waals surface area contributed by atoms with Crippen molar-refractivity contribution in [2.75, 3.05) is 6.54 Å². The first kappa shape index (κ1) is 15.0. The Morgan fingerprint density at radius 3 is 2.68 bits per heavy atom. The molecular formula is C11H12F2N2O4. The van der Waals surface area contributed by atoms with E-state index in [-0.39, 0.29) is 16.8 Å². The molecule has 0 saturated heterocycles. The van der Waals surface area contributed by atoms with Gasteiger partial charge in [0.1, 0.15) is 6.10 Å². The molecule has 1 unspecified atom stereocenters. The number of aliphatic hydroxyl groups excluding tert-OH is 1. The van der Waals surface area contributed by atoms with Crippen LogP contribution in [0, 0.1) is 17.0 Å². The quantitative estimate of drug-likeness (QED) is 0.624. The summed E-state index contributed by atoms with van der Waals surface area (Å²) in [5.41, 5.74) is -0.0886. The number of hydrogen-bond acceptors (Lipinski definition) is 4. The van der Waals surface area contributed by atoms with Crippen molar-refractivity contribution in [2.24, 2.45) is 0 Å². The Morgan fingerprint density at radius 2 is 2.16 bits per heavy atom. The number of nitrogens with zero attached hydrogens (tertiary/aromatic N) is 1. The Hall–Kier alpha value is -2.09. The van der Waals surface area contributed by atoms with Crippen molar-refractivity contribution in [3.63, 3.8) is 0 Å². The van der Waals surface area contributed by atoms with Gasteiger partial charge in [-0.1, -0.05) is 6.07 Å². The highest BCUT2D eigenvalue weighted by molar-refractivity contribution is 5.96. The third-order valence-electron chi connectivity index (χ3n) is 2.51. The molecule has 0 aliphatic rings. The fourth-order valence-electron chi connectivity index (χ4n) is 1.45. The van der Waals surface area contributed by atoms with Gasteiger partial charge in [-0.2, -0.15) is 0 Å². The molecule has 1 amide bonds. The van der Waals surface area contributed by atoms with E-state index in [2.05, 4.69) is 5.32 Å². The highest BCUT2D eigenvalue weighted by atomic mass is 19.3. The van der Waals surface area contributed by atoms with Gasteiger partial charge >= 0.3 is 0 Å². The minimum atomic E-state index is -2.97. The lowest BCUT2D eigenvalue weighted by atomic mass is 10.1.